The van der Waals surface area contributed by atoms with Crippen LogP contribution in [0.2, 0.25) is 13.1 Å². The normalized spacial score (nSPS) is 11.8. The van der Waals surface area contributed by atoms with E-state index in [1.165, 1.54) is 5.92 Å². The molecule has 0 spiro atoms. The van der Waals surface area contributed by atoms with Gasteiger partial charge in [0.25, 0.3) is 0 Å². The SMILES string of the molecule is C[Si](C)(C#CC(F)(F)F)c1ccccc1. The molecule has 1 aromatic rings. The molecule has 4 heteroatoms. The molecule has 1 rings (SSSR count). The van der Waals surface area contributed by atoms with Gasteiger partial charge in [-0.05, 0) is 5.19 Å². The van der Waals surface area contributed by atoms with Crippen LogP contribution in [0.15, 0.2) is 30.3 Å². The third kappa shape index (κ3) is 3.80. The molecule has 0 radical (unpaired) electrons. The third-order valence-electron chi connectivity index (χ3n) is 2.01. The standard InChI is InChI=1S/C11H11F3Si/c1-15(2,9-8-11(12,13)14)10-6-4-3-5-7-10/h3-7H,1-2H3. The summed E-state index contributed by atoms with van der Waals surface area (Å²) in [6.07, 6.45) is -4.39. The monoisotopic (exact) mass is 228 g/mol. The highest BCUT2D eigenvalue weighted by atomic mass is 28.3. The van der Waals surface area contributed by atoms with Gasteiger partial charge in [0.2, 0.25) is 0 Å². The first-order valence-electron chi connectivity index (χ1n) is 4.48. The van der Waals surface area contributed by atoms with Crippen molar-refractivity contribution in [1.29, 1.82) is 0 Å². The lowest BCUT2D eigenvalue weighted by Gasteiger charge is -2.14. The van der Waals surface area contributed by atoms with Gasteiger partial charge in [-0.3, -0.25) is 0 Å². The molecule has 0 saturated heterocycles. The molecule has 0 unspecified atom stereocenters. The predicted molar refractivity (Wildman–Crippen MR) is 57.4 cm³/mol. The van der Waals surface area contributed by atoms with E-state index in [-0.39, 0.29) is 0 Å². The number of alkyl halides is 3. The van der Waals surface area contributed by atoms with E-state index < -0.39 is 14.3 Å². The van der Waals surface area contributed by atoms with E-state index in [0.717, 1.165) is 5.19 Å². The zero-order valence-corrected chi connectivity index (χ0v) is 9.52. The van der Waals surface area contributed by atoms with Crippen molar-refractivity contribution >= 4 is 13.3 Å². The lowest BCUT2D eigenvalue weighted by atomic mass is 10.4. The highest BCUT2D eigenvalue weighted by Gasteiger charge is 2.26. The van der Waals surface area contributed by atoms with Gasteiger partial charge in [0.15, 0.2) is 8.07 Å². The maximum Gasteiger partial charge on any atom is 0.457 e. The summed E-state index contributed by atoms with van der Waals surface area (Å²) in [6, 6.07) is 9.14. The fourth-order valence-electron chi connectivity index (χ4n) is 1.15. The van der Waals surface area contributed by atoms with Crippen molar-refractivity contribution in [3.05, 3.63) is 30.3 Å². The van der Waals surface area contributed by atoms with Crippen LogP contribution in [0.3, 0.4) is 0 Å². The highest BCUT2D eigenvalue weighted by molar-refractivity contribution is 6.96. The molecule has 0 N–H and O–H groups in total. The van der Waals surface area contributed by atoms with Crippen LogP contribution < -0.4 is 5.19 Å². The lowest BCUT2D eigenvalue weighted by molar-refractivity contribution is -0.0696. The first-order chi connectivity index (χ1) is 6.81. The number of hydrogen-bond donors (Lipinski definition) is 0. The van der Waals surface area contributed by atoms with Crippen LogP contribution in [0.1, 0.15) is 0 Å². The van der Waals surface area contributed by atoms with Crippen LogP contribution in [0.5, 0.6) is 0 Å². The summed E-state index contributed by atoms with van der Waals surface area (Å²) in [5.74, 6) is 1.37. The smallest absolute Gasteiger partial charge is 0.159 e. The van der Waals surface area contributed by atoms with Crippen molar-refractivity contribution in [3.63, 3.8) is 0 Å². The Balaban J connectivity index is 2.98. The van der Waals surface area contributed by atoms with Crippen molar-refractivity contribution in [3.8, 4) is 11.5 Å². The largest absolute Gasteiger partial charge is 0.457 e. The Labute approximate surface area is 88.1 Å². The molecule has 0 nitrogen and oxygen atoms in total. The van der Waals surface area contributed by atoms with Gasteiger partial charge in [-0.2, -0.15) is 13.2 Å². The molecule has 0 bridgehead atoms. The van der Waals surface area contributed by atoms with Crippen LogP contribution in [0.25, 0.3) is 0 Å². The van der Waals surface area contributed by atoms with Crippen molar-refractivity contribution in [2.45, 2.75) is 19.3 Å². The number of rotatable bonds is 1. The van der Waals surface area contributed by atoms with Gasteiger partial charge in [-0.15, -0.1) is 5.54 Å². The third-order valence-corrected chi connectivity index (χ3v) is 4.54. The van der Waals surface area contributed by atoms with E-state index in [4.69, 9.17) is 0 Å². The van der Waals surface area contributed by atoms with Crippen LogP contribution in [0, 0.1) is 11.5 Å². The molecule has 80 valence electrons. The Bertz CT molecular complexity index is 382. The molecule has 15 heavy (non-hydrogen) atoms. The topological polar surface area (TPSA) is 0 Å². The van der Waals surface area contributed by atoms with E-state index in [1.54, 1.807) is 13.1 Å². The number of benzene rings is 1. The van der Waals surface area contributed by atoms with E-state index in [0.29, 0.717) is 0 Å². The van der Waals surface area contributed by atoms with Crippen LogP contribution in [0.4, 0.5) is 13.2 Å². The highest BCUT2D eigenvalue weighted by Crippen LogP contribution is 2.13. The fraction of sp³-hybridized carbons (Fsp3) is 0.273. The molecule has 0 saturated carbocycles. The predicted octanol–water partition coefficient (Wildman–Crippen LogP) is 2.71. The molecular formula is C11H11F3Si. The first kappa shape index (κ1) is 11.9. The zero-order chi connectivity index (χ0) is 11.5. The van der Waals surface area contributed by atoms with E-state index in [2.05, 4.69) is 5.54 Å². The minimum absolute atomic E-state index is 0.918. The summed E-state index contributed by atoms with van der Waals surface area (Å²) < 4.78 is 35.9. The average molecular weight is 228 g/mol. The maximum atomic E-state index is 12.0. The summed E-state index contributed by atoms with van der Waals surface area (Å²) in [7, 11) is -2.27. The lowest BCUT2D eigenvalue weighted by Crippen LogP contribution is -2.40. The van der Waals surface area contributed by atoms with E-state index in [9.17, 15) is 13.2 Å². The molecular weight excluding hydrogens is 217 g/mol. The minimum Gasteiger partial charge on any atom is -0.159 e. The number of halogens is 3. The Kier molecular flexibility index (Phi) is 3.25. The van der Waals surface area contributed by atoms with Crippen LogP contribution >= 0.6 is 0 Å². The van der Waals surface area contributed by atoms with Crippen molar-refractivity contribution in [1.82, 2.24) is 0 Å². The summed E-state index contributed by atoms with van der Waals surface area (Å²) >= 11 is 0. The Morgan fingerprint density at radius 2 is 1.60 bits per heavy atom. The average Bonchev–Trinajstić information content (AvgIpc) is 2.16. The summed E-state index contributed by atoms with van der Waals surface area (Å²) in [5.41, 5.74) is 2.38. The number of hydrogen-bond acceptors (Lipinski definition) is 0. The van der Waals surface area contributed by atoms with Gasteiger partial charge in [0.1, 0.15) is 0 Å². The van der Waals surface area contributed by atoms with Gasteiger partial charge in [-0.25, -0.2) is 0 Å². The molecule has 0 aliphatic carbocycles. The molecule has 0 aliphatic heterocycles. The molecule has 0 amide bonds. The summed E-state index contributed by atoms with van der Waals surface area (Å²) in [5, 5.41) is 0.918. The Hall–Kier alpha value is -1.21. The Morgan fingerprint density at radius 1 is 1.07 bits per heavy atom. The fourth-order valence-corrected chi connectivity index (χ4v) is 2.78. The first-order valence-corrected chi connectivity index (χ1v) is 7.48. The van der Waals surface area contributed by atoms with Gasteiger partial charge >= 0.3 is 6.18 Å². The second kappa shape index (κ2) is 4.11. The second-order valence-corrected chi connectivity index (χ2v) is 7.82. The Morgan fingerprint density at radius 3 is 2.07 bits per heavy atom. The van der Waals surface area contributed by atoms with Gasteiger partial charge < -0.3 is 0 Å². The summed E-state index contributed by atoms with van der Waals surface area (Å²) in [4.78, 5) is 0. The molecule has 0 aliphatic rings. The maximum absolute atomic E-state index is 12.0. The van der Waals surface area contributed by atoms with E-state index in [1.807, 2.05) is 30.3 Å². The second-order valence-electron chi connectivity index (χ2n) is 3.74. The van der Waals surface area contributed by atoms with Crippen molar-refractivity contribution in [2.75, 3.05) is 0 Å². The van der Waals surface area contributed by atoms with Crippen molar-refractivity contribution in [2.24, 2.45) is 0 Å². The molecule has 1 aromatic carbocycles. The molecule has 0 atom stereocenters. The van der Waals surface area contributed by atoms with E-state index >= 15 is 0 Å². The van der Waals surface area contributed by atoms with Crippen LogP contribution in [-0.2, 0) is 0 Å². The van der Waals surface area contributed by atoms with Gasteiger partial charge in [0, 0.05) is 5.92 Å². The van der Waals surface area contributed by atoms with Crippen molar-refractivity contribution < 1.29 is 13.2 Å². The molecule has 0 heterocycles. The van der Waals surface area contributed by atoms with Gasteiger partial charge in [-0.1, -0.05) is 43.4 Å². The minimum atomic E-state index is -4.39. The van der Waals surface area contributed by atoms with Gasteiger partial charge in [0.05, 0.1) is 0 Å². The quantitative estimate of drug-likeness (QED) is 0.512. The summed E-state index contributed by atoms with van der Waals surface area (Å²) in [6.45, 7) is 3.61. The molecule has 0 fully saturated rings. The zero-order valence-electron chi connectivity index (χ0n) is 8.52. The molecule has 0 aromatic heterocycles. The van der Waals surface area contributed by atoms with Crippen LogP contribution in [-0.4, -0.2) is 14.3 Å².